The Morgan fingerprint density at radius 2 is 2.13 bits per heavy atom. The summed E-state index contributed by atoms with van der Waals surface area (Å²) >= 11 is 1.83. The van der Waals surface area contributed by atoms with Crippen LogP contribution in [0.25, 0.3) is 0 Å². The Hall–Kier alpha value is -2.92. The number of ether oxygens (including phenoxy) is 2. The number of fused-ring (bicyclic) bond motifs is 1. The van der Waals surface area contributed by atoms with Gasteiger partial charge in [-0.1, -0.05) is 30.3 Å². The van der Waals surface area contributed by atoms with Crippen molar-refractivity contribution in [1.29, 1.82) is 0 Å². The van der Waals surface area contributed by atoms with Gasteiger partial charge in [0.25, 0.3) is 17.5 Å². The van der Waals surface area contributed by atoms with Crippen LogP contribution in [0.4, 0.5) is 0 Å². The highest BCUT2D eigenvalue weighted by Crippen LogP contribution is 2.53. The monoisotopic (exact) mass is 599 g/mol. The van der Waals surface area contributed by atoms with Crippen molar-refractivity contribution in [3.63, 3.8) is 0 Å². The molecule has 1 saturated heterocycles. The number of benzene rings is 1. The number of aliphatic hydroxyl groups excluding tert-OH is 1. The number of nitrogens with one attached hydrogen (secondary N) is 2. The molecule has 2 aromatic rings. The molecule has 1 aromatic carbocycles. The standard InChI is InChI=1S/C21H23N6O9PS2/c1-3-36-20(10-37(33)34,39-19-23-25-26-24-19)12-9-38-18-21(35-2,17(32)27(18)13(12)16(30)31)22-15(29)14(28)11-7-5-4-6-8-11/h4-8,14,18,28H,3,9-10H2,1-2H3,(H3-,22,23,24,25,26,29,30,31,33,34)/p+1/t14-,18-,20?,21+/m1/s1. The zero-order valence-corrected chi connectivity index (χ0v) is 23.0. The highest BCUT2D eigenvalue weighted by Gasteiger charge is 2.68. The minimum Gasteiger partial charge on any atom is -0.477 e. The van der Waals surface area contributed by atoms with Gasteiger partial charge in [-0.05, 0) is 34.0 Å². The third-order valence-corrected chi connectivity index (χ3v) is 9.43. The number of aliphatic hydroxyl groups is 1. The predicted molar refractivity (Wildman–Crippen MR) is 136 cm³/mol. The number of carboxylic acids is 1. The van der Waals surface area contributed by atoms with Gasteiger partial charge >= 0.3 is 14.0 Å². The van der Waals surface area contributed by atoms with Crippen LogP contribution in [0.1, 0.15) is 18.6 Å². The fourth-order valence-corrected chi connectivity index (χ4v) is 8.10. The molecule has 1 fully saturated rings. The van der Waals surface area contributed by atoms with Crippen LogP contribution in [-0.4, -0.2) is 100 Å². The first-order chi connectivity index (χ1) is 18.6. The van der Waals surface area contributed by atoms with Gasteiger partial charge in [-0.3, -0.25) is 14.5 Å². The maximum absolute atomic E-state index is 13.5. The molecule has 1 aromatic heterocycles. The molecular weight excluding hydrogens is 575 g/mol. The van der Waals surface area contributed by atoms with Crippen LogP contribution >= 0.6 is 31.6 Å². The number of thioether (sulfide) groups is 2. The van der Waals surface area contributed by atoms with E-state index >= 15 is 0 Å². The molecule has 208 valence electrons. The number of carbonyl (C=O) groups excluding carboxylic acids is 2. The van der Waals surface area contributed by atoms with Crippen molar-refractivity contribution in [1.82, 2.24) is 30.8 Å². The highest BCUT2D eigenvalue weighted by molar-refractivity contribution is 8.01. The summed E-state index contributed by atoms with van der Waals surface area (Å²) in [4.78, 5) is 48.0. The van der Waals surface area contributed by atoms with E-state index < -0.39 is 59.8 Å². The first-order valence-corrected chi connectivity index (χ1v) is 14.6. The van der Waals surface area contributed by atoms with E-state index in [1.165, 1.54) is 19.2 Å². The zero-order chi connectivity index (χ0) is 28.4. The Bertz CT molecular complexity index is 1300. The Balaban J connectivity index is 1.72. The van der Waals surface area contributed by atoms with Crippen LogP contribution in [-0.2, 0) is 28.4 Å². The van der Waals surface area contributed by atoms with Gasteiger partial charge in [0.2, 0.25) is 11.3 Å². The van der Waals surface area contributed by atoms with Gasteiger partial charge in [0, 0.05) is 25.0 Å². The van der Waals surface area contributed by atoms with Crippen molar-refractivity contribution in [2.75, 3.05) is 25.6 Å². The van der Waals surface area contributed by atoms with E-state index in [1.807, 2.05) is 0 Å². The minimum absolute atomic E-state index is 0.0158. The molecule has 2 unspecified atom stereocenters. The number of aliphatic carboxylic acids is 1. The molecule has 5 atom stereocenters. The second kappa shape index (κ2) is 11.7. The number of amides is 2. The number of methoxy groups -OCH3 is 1. The number of β-lactam (4-membered cyclic amide) rings is 1. The number of hydrogen-bond donors (Lipinski definition) is 5. The fourth-order valence-electron chi connectivity index (χ4n) is 4.31. The summed E-state index contributed by atoms with van der Waals surface area (Å²) in [5.41, 5.74) is -2.15. The largest absolute Gasteiger partial charge is 0.509 e. The fraction of sp³-hybridized carbons (Fsp3) is 0.429. The lowest BCUT2D eigenvalue weighted by atomic mass is 9.96. The third kappa shape index (κ3) is 5.30. The normalized spacial score (nSPS) is 23.4. The molecule has 4 rings (SSSR count). The van der Waals surface area contributed by atoms with Crippen molar-refractivity contribution >= 4 is 49.3 Å². The molecule has 0 saturated carbocycles. The third-order valence-electron chi connectivity index (χ3n) is 5.99. The lowest BCUT2D eigenvalue weighted by Crippen LogP contribution is -2.81. The van der Waals surface area contributed by atoms with Crippen LogP contribution in [0.5, 0.6) is 0 Å². The molecule has 2 aliphatic heterocycles. The number of H-pyrrole nitrogens is 1. The van der Waals surface area contributed by atoms with Crippen molar-refractivity contribution < 1.29 is 43.5 Å². The molecule has 0 spiro atoms. The first-order valence-electron chi connectivity index (χ1n) is 11.3. The summed E-state index contributed by atoms with van der Waals surface area (Å²) in [6, 6.07) is 8.04. The van der Waals surface area contributed by atoms with Crippen molar-refractivity contribution in [2.24, 2.45) is 0 Å². The lowest BCUT2D eigenvalue weighted by Gasteiger charge is -2.56. The number of nitrogens with zero attached hydrogens (tertiary/aromatic N) is 4. The smallest absolute Gasteiger partial charge is 0.477 e. The van der Waals surface area contributed by atoms with Crippen LogP contribution < -0.4 is 5.32 Å². The molecule has 0 radical (unpaired) electrons. The summed E-state index contributed by atoms with van der Waals surface area (Å²) in [5.74, 6) is -3.42. The van der Waals surface area contributed by atoms with Gasteiger partial charge in [0.05, 0.1) is 0 Å². The van der Waals surface area contributed by atoms with Gasteiger partial charge < -0.3 is 25.0 Å². The molecule has 2 amide bonds. The number of carboxylic acid groups (broad SMARTS) is 1. The van der Waals surface area contributed by atoms with Gasteiger partial charge in [0.15, 0.2) is 11.0 Å². The number of hydrogen-bond acceptors (Lipinski definition) is 12. The predicted octanol–water partition coefficient (Wildman–Crippen LogP) is 0.206. The van der Waals surface area contributed by atoms with Gasteiger partial charge in [-0.15, -0.1) is 22.0 Å². The van der Waals surface area contributed by atoms with Crippen LogP contribution in [0, 0.1) is 0 Å². The maximum Gasteiger partial charge on any atom is 0.509 e. The number of tetrazole rings is 1. The van der Waals surface area contributed by atoms with E-state index in [4.69, 9.17) is 9.47 Å². The maximum atomic E-state index is 13.5. The summed E-state index contributed by atoms with van der Waals surface area (Å²) in [6.07, 6.45) is -2.15. The van der Waals surface area contributed by atoms with Crippen molar-refractivity contribution in [3.8, 4) is 0 Å². The van der Waals surface area contributed by atoms with Gasteiger partial charge in [-0.2, -0.15) is 10.1 Å². The Kier molecular flexibility index (Phi) is 8.70. The van der Waals surface area contributed by atoms with Crippen molar-refractivity contribution in [2.45, 2.75) is 34.2 Å². The second-order valence-electron chi connectivity index (χ2n) is 8.21. The van der Waals surface area contributed by atoms with Crippen LogP contribution in [0.2, 0.25) is 0 Å². The van der Waals surface area contributed by atoms with E-state index in [9.17, 15) is 34.1 Å². The van der Waals surface area contributed by atoms with E-state index in [2.05, 4.69) is 25.9 Å². The molecule has 5 N–H and O–H groups in total. The number of carbonyl (C=O) groups is 3. The summed E-state index contributed by atoms with van der Waals surface area (Å²) in [5, 5.41) is 35.6. The topological polar surface area (TPSA) is 217 Å². The Labute approximate surface area is 230 Å². The van der Waals surface area contributed by atoms with E-state index in [0.717, 1.165) is 28.4 Å². The van der Waals surface area contributed by atoms with E-state index in [1.54, 1.807) is 25.1 Å². The number of aromatic amines is 1. The second-order valence-corrected chi connectivity index (χ2v) is 11.5. The summed E-state index contributed by atoms with van der Waals surface area (Å²) in [7, 11) is -1.68. The highest BCUT2D eigenvalue weighted by atomic mass is 32.2. The van der Waals surface area contributed by atoms with E-state index in [-0.39, 0.29) is 28.7 Å². The molecule has 0 bridgehead atoms. The van der Waals surface area contributed by atoms with Gasteiger partial charge in [-0.25, -0.2) is 4.79 Å². The quantitative estimate of drug-likeness (QED) is 0.0954. The van der Waals surface area contributed by atoms with Gasteiger partial charge in [0.1, 0.15) is 11.1 Å². The lowest BCUT2D eigenvalue weighted by molar-refractivity contribution is -0.194. The molecule has 0 aliphatic carbocycles. The number of aromatic nitrogens is 4. The summed E-state index contributed by atoms with van der Waals surface area (Å²) in [6.45, 7) is 1.63. The molecule has 2 aliphatic rings. The zero-order valence-electron chi connectivity index (χ0n) is 20.5. The Morgan fingerprint density at radius 1 is 1.41 bits per heavy atom. The van der Waals surface area contributed by atoms with Crippen LogP contribution in [0.15, 0.2) is 46.8 Å². The van der Waals surface area contributed by atoms with E-state index in [0.29, 0.717) is 0 Å². The first kappa shape index (κ1) is 29.1. The summed E-state index contributed by atoms with van der Waals surface area (Å²) < 4.78 is 23.4. The molecule has 18 heteroatoms. The molecule has 39 heavy (non-hydrogen) atoms. The average Bonchev–Trinajstić information content (AvgIpc) is 3.43. The van der Waals surface area contributed by atoms with Crippen LogP contribution in [0.3, 0.4) is 0 Å². The van der Waals surface area contributed by atoms with Crippen molar-refractivity contribution in [3.05, 3.63) is 47.2 Å². The molecular formula is C21H24N6O9PS2+. The number of rotatable bonds is 12. The average molecular weight is 600 g/mol. The Morgan fingerprint density at radius 3 is 2.69 bits per heavy atom. The SMILES string of the molecule is CCOC(C[P+](=O)O)(Sc1nn[nH]n1)C1=C(C(=O)O)N2C(=O)[C@](NC(=O)[C@H](O)c3ccccc3)(OC)[C@H]2SC1. The minimum atomic E-state index is -2.86. The molecule has 15 nitrogen and oxygen atoms in total. The molecule has 3 heterocycles.